The predicted molar refractivity (Wildman–Crippen MR) is 80.8 cm³/mol. The summed E-state index contributed by atoms with van der Waals surface area (Å²) in [4.78, 5) is 12.9. The molecule has 3 aromatic rings. The Labute approximate surface area is 130 Å². The summed E-state index contributed by atoms with van der Waals surface area (Å²) in [6, 6.07) is 9.04. The minimum atomic E-state index is -0.325. The monoisotopic (exact) mass is 315 g/mol. The summed E-state index contributed by atoms with van der Waals surface area (Å²) in [7, 11) is 1.89. The molecular weight excluding hydrogens is 302 g/mol. The highest BCUT2D eigenvalue weighted by atomic mass is 32.2. The van der Waals surface area contributed by atoms with Crippen molar-refractivity contribution < 1.29 is 9.32 Å². The zero-order valence-electron chi connectivity index (χ0n) is 12.0. The second-order valence-corrected chi connectivity index (χ2v) is 5.68. The lowest BCUT2D eigenvalue weighted by atomic mass is 10.3. The van der Waals surface area contributed by atoms with Gasteiger partial charge in [0.15, 0.2) is 5.16 Å². The summed E-state index contributed by atoms with van der Waals surface area (Å²) >= 11 is 1.50. The zero-order valence-corrected chi connectivity index (χ0v) is 12.8. The topological polar surface area (TPSA) is 85.8 Å². The molecule has 22 heavy (non-hydrogen) atoms. The summed E-state index contributed by atoms with van der Waals surface area (Å²) in [5.74, 6) is -0.135. The largest absolute Gasteiger partial charge is 0.351 e. The quantitative estimate of drug-likeness (QED) is 0.796. The van der Waals surface area contributed by atoms with Crippen molar-refractivity contribution in [3.8, 4) is 0 Å². The first-order valence-corrected chi connectivity index (χ1v) is 7.30. The molecule has 0 aliphatic heterocycles. The Morgan fingerprint density at radius 1 is 1.32 bits per heavy atom. The summed E-state index contributed by atoms with van der Waals surface area (Å²) in [6.45, 7) is 1.76. The Balaban J connectivity index is 1.66. The van der Waals surface area contributed by atoms with E-state index in [0.717, 1.165) is 10.1 Å². The Morgan fingerprint density at radius 3 is 2.68 bits per heavy atom. The molecule has 0 saturated carbocycles. The third kappa shape index (κ3) is 3.17. The van der Waals surface area contributed by atoms with Gasteiger partial charge in [-0.3, -0.25) is 4.79 Å². The number of carbonyl (C=O) groups excluding carboxylic acids is 1. The van der Waals surface area contributed by atoms with Gasteiger partial charge >= 0.3 is 0 Å². The van der Waals surface area contributed by atoms with Gasteiger partial charge in [0.1, 0.15) is 6.33 Å². The van der Waals surface area contributed by atoms with Gasteiger partial charge in [0.05, 0.1) is 5.69 Å². The van der Waals surface area contributed by atoms with Gasteiger partial charge in [-0.05, 0) is 43.0 Å². The lowest BCUT2D eigenvalue weighted by Crippen LogP contribution is -2.10. The van der Waals surface area contributed by atoms with Crippen LogP contribution in [0.1, 0.15) is 16.2 Å². The minimum absolute atomic E-state index is 0.190. The maximum atomic E-state index is 11.9. The maximum Gasteiger partial charge on any atom is 0.294 e. The van der Waals surface area contributed by atoms with Crippen LogP contribution < -0.4 is 5.32 Å². The standard InChI is InChI=1S/C14H13N5O2S/c1-9-7-12(21-18-9)13(20)16-10-3-5-11(6-4-10)22-14-17-15-8-19(14)2/h3-8H,1-2H3,(H,16,20). The average molecular weight is 315 g/mol. The van der Waals surface area contributed by atoms with Crippen molar-refractivity contribution in [2.75, 3.05) is 5.32 Å². The number of aromatic nitrogens is 4. The fourth-order valence-electron chi connectivity index (χ4n) is 1.74. The summed E-state index contributed by atoms with van der Waals surface area (Å²) in [5.41, 5.74) is 1.35. The van der Waals surface area contributed by atoms with Crippen LogP contribution >= 0.6 is 11.8 Å². The molecule has 0 atom stereocenters. The molecule has 3 rings (SSSR count). The summed E-state index contributed by atoms with van der Waals surface area (Å²) in [6.07, 6.45) is 1.65. The number of amides is 1. The van der Waals surface area contributed by atoms with Crippen molar-refractivity contribution in [3.05, 3.63) is 48.1 Å². The fourth-order valence-corrected chi connectivity index (χ4v) is 2.50. The van der Waals surface area contributed by atoms with E-state index in [1.165, 1.54) is 11.8 Å². The van der Waals surface area contributed by atoms with Crippen LogP contribution in [0.25, 0.3) is 0 Å². The Morgan fingerprint density at radius 2 is 2.09 bits per heavy atom. The molecule has 112 valence electrons. The van der Waals surface area contributed by atoms with Crippen molar-refractivity contribution in [2.45, 2.75) is 17.0 Å². The number of carbonyl (C=O) groups is 1. The molecule has 2 heterocycles. The van der Waals surface area contributed by atoms with Gasteiger partial charge in [-0.25, -0.2) is 0 Å². The number of nitrogens with zero attached hydrogens (tertiary/aromatic N) is 4. The van der Waals surface area contributed by atoms with Gasteiger partial charge in [0, 0.05) is 23.7 Å². The fraction of sp³-hybridized carbons (Fsp3) is 0.143. The maximum absolute atomic E-state index is 11.9. The highest BCUT2D eigenvalue weighted by Crippen LogP contribution is 2.26. The van der Waals surface area contributed by atoms with Crippen LogP contribution in [0.5, 0.6) is 0 Å². The van der Waals surface area contributed by atoms with E-state index in [1.54, 1.807) is 19.3 Å². The lowest BCUT2D eigenvalue weighted by Gasteiger charge is -2.04. The summed E-state index contributed by atoms with van der Waals surface area (Å²) < 4.78 is 6.76. The number of anilines is 1. The molecule has 8 heteroatoms. The first kappa shape index (κ1) is 14.3. The smallest absolute Gasteiger partial charge is 0.294 e. The van der Waals surface area contributed by atoms with Crippen LogP contribution in [0.15, 0.2) is 51.2 Å². The van der Waals surface area contributed by atoms with E-state index in [2.05, 4.69) is 20.7 Å². The highest BCUT2D eigenvalue weighted by molar-refractivity contribution is 7.99. The molecular formula is C14H13N5O2S. The molecule has 7 nitrogen and oxygen atoms in total. The third-order valence-corrected chi connectivity index (χ3v) is 3.90. The first-order valence-electron chi connectivity index (χ1n) is 6.48. The first-order chi connectivity index (χ1) is 10.6. The van der Waals surface area contributed by atoms with Crippen LogP contribution in [0, 0.1) is 6.92 Å². The van der Waals surface area contributed by atoms with Crippen LogP contribution in [0.3, 0.4) is 0 Å². The van der Waals surface area contributed by atoms with Crippen LogP contribution in [0.2, 0.25) is 0 Å². The second-order valence-electron chi connectivity index (χ2n) is 4.64. The molecule has 1 amide bonds. The van der Waals surface area contributed by atoms with Crippen molar-refractivity contribution in [3.63, 3.8) is 0 Å². The molecule has 2 aromatic heterocycles. The van der Waals surface area contributed by atoms with Gasteiger partial charge in [0.25, 0.3) is 5.91 Å². The molecule has 0 aliphatic carbocycles. The number of hydrogen-bond donors (Lipinski definition) is 1. The van der Waals surface area contributed by atoms with Crippen molar-refractivity contribution in [1.29, 1.82) is 0 Å². The normalized spacial score (nSPS) is 10.6. The third-order valence-electron chi connectivity index (χ3n) is 2.84. The van der Waals surface area contributed by atoms with E-state index in [1.807, 2.05) is 35.9 Å². The van der Waals surface area contributed by atoms with Gasteiger partial charge in [0.2, 0.25) is 5.76 Å². The van der Waals surface area contributed by atoms with Crippen molar-refractivity contribution in [1.82, 2.24) is 19.9 Å². The van der Waals surface area contributed by atoms with Crippen LogP contribution in [-0.4, -0.2) is 25.8 Å². The molecule has 0 saturated heterocycles. The summed E-state index contributed by atoms with van der Waals surface area (Å²) in [5, 5.41) is 15.1. The number of benzene rings is 1. The number of aryl methyl sites for hydroxylation is 2. The van der Waals surface area contributed by atoms with E-state index in [-0.39, 0.29) is 11.7 Å². The molecule has 1 aromatic carbocycles. The average Bonchev–Trinajstić information content (AvgIpc) is 3.10. The molecule has 1 N–H and O–H groups in total. The van der Waals surface area contributed by atoms with Crippen molar-refractivity contribution in [2.24, 2.45) is 7.05 Å². The van der Waals surface area contributed by atoms with E-state index in [9.17, 15) is 4.79 Å². The van der Waals surface area contributed by atoms with Gasteiger partial charge in [-0.1, -0.05) is 5.16 Å². The van der Waals surface area contributed by atoms with E-state index >= 15 is 0 Å². The molecule has 0 spiro atoms. The van der Waals surface area contributed by atoms with E-state index in [0.29, 0.717) is 11.4 Å². The highest BCUT2D eigenvalue weighted by Gasteiger charge is 2.11. The number of hydrogen-bond acceptors (Lipinski definition) is 6. The molecule has 0 bridgehead atoms. The number of nitrogens with one attached hydrogen (secondary N) is 1. The van der Waals surface area contributed by atoms with Crippen LogP contribution in [-0.2, 0) is 7.05 Å². The molecule has 0 radical (unpaired) electrons. The van der Waals surface area contributed by atoms with Gasteiger partial charge in [-0.2, -0.15) is 0 Å². The lowest BCUT2D eigenvalue weighted by molar-refractivity contribution is 0.0988. The van der Waals surface area contributed by atoms with Crippen molar-refractivity contribution >= 4 is 23.4 Å². The van der Waals surface area contributed by atoms with Gasteiger partial charge < -0.3 is 14.4 Å². The van der Waals surface area contributed by atoms with Gasteiger partial charge in [-0.15, -0.1) is 10.2 Å². The molecule has 0 aliphatic rings. The Bertz CT molecular complexity index is 794. The van der Waals surface area contributed by atoms with E-state index in [4.69, 9.17) is 4.52 Å². The SMILES string of the molecule is Cc1cc(C(=O)Nc2ccc(Sc3nncn3C)cc2)on1. The second kappa shape index (κ2) is 6.02. The molecule has 0 fully saturated rings. The number of rotatable bonds is 4. The predicted octanol–water partition coefficient (Wildman–Crippen LogP) is 2.52. The Kier molecular flexibility index (Phi) is 3.92. The minimum Gasteiger partial charge on any atom is -0.351 e. The molecule has 0 unspecified atom stereocenters. The Hall–Kier alpha value is -2.61. The van der Waals surface area contributed by atoms with E-state index < -0.39 is 0 Å². The zero-order chi connectivity index (χ0) is 15.5. The van der Waals surface area contributed by atoms with Crippen LogP contribution in [0.4, 0.5) is 5.69 Å².